The van der Waals surface area contributed by atoms with E-state index < -0.39 is 0 Å². The van der Waals surface area contributed by atoms with Crippen molar-refractivity contribution >= 4 is 27.5 Å². The zero-order valence-corrected chi connectivity index (χ0v) is 12.8. The van der Waals surface area contributed by atoms with E-state index in [1.54, 1.807) is 0 Å². The lowest BCUT2D eigenvalue weighted by Crippen LogP contribution is -2.05. The summed E-state index contributed by atoms with van der Waals surface area (Å²) in [4.78, 5) is 4.52. The quantitative estimate of drug-likeness (QED) is 0.797. The second kappa shape index (κ2) is 5.85. The first-order valence-electron chi connectivity index (χ1n) is 5.99. The average molecular weight is 329 g/mol. The Balaban J connectivity index is 2.56. The van der Waals surface area contributed by atoms with E-state index in [2.05, 4.69) is 39.9 Å². The second-order valence-electron chi connectivity index (χ2n) is 3.97. The molecule has 1 aromatic carbocycles. The smallest absolute Gasteiger partial charge is 0.151 e. The van der Waals surface area contributed by atoms with Crippen molar-refractivity contribution in [3.63, 3.8) is 0 Å². The Morgan fingerprint density at radius 3 is 2.67 bits per heavy atom. The summed E-state index contributed by atoms with van der Waals surface area (Å²) >= 11 is 9.47. The molecule has 2 rings (SSSR count). The molecule has 0 unspecified atom stereocenters. The Morgan fingerprint density at radius 2 is 2.06 bits per heavy atom. The predicted octanol–water partition coefficient (Wildman–Crippen LogP) is 3.89. The van der Waals surface area contributed by atoms with Crippen LogP contribution >= 0.6 is 27.5 Å². The standard InChI is InChI=1S/C13H15BrClN3/c1-3-12-16-13(4-2)18(17-12)11-6-5-10(14)7-9(11)8-15/h5-7H,3-4,8H2,1-2H3. The van der Waals surface area contributed by atoms with Gasteiger partial charge in [-0.2, -0.15) is 5.10 Å². The van der Waals surface area contributed by atoms with Crippen LogP contribution in [0.4, 0.5) is 0 Å². The molecule has 0 fully saturated rings. The van der Waals surface area contributed by atoms with Crippen LogP contribution in [0.15, 0.2) is 22.7 Å². The molecule has 0 atom stereocenters. The van der Waals surface area contributed by atoms with Crippen LogP contribution < -0.4 is 0 Å². The first-order chi connectivity index (χ1) is 8.69. The molecule has 0 amide bonds. The van der Waals surface area contributed by atoms with Crippen molar-refractivity contribution in [3.8, 4) is 5.69 Å². The van der Waals surface area contributed by atoms with Gasteiger partial charge in [-0.05, 0) is 23.8 Å². The van der Waals surface area contributed by atoms with Crippen molar-refractivity contribution in [2.24, 2.45) is 0 Å². The Hall–Kier alpha value is -0.870. The van der Waals surface area contributed by atoms with Crippen LogP contribution in [0, 0.1) is 0 Å². The highest BCUT2D eigenvalue weighted by molar-refractivity contribution is 9.10. The van der Waals surface area contributed by atoms with Gasteiger partial charge in [-0.25, -0.2) is 9.67 Å². The number of benzene rings is 1. The summed E-state index contributed by atoms with van der Waals surface area (Å²) in [6.45, 7) is 4.14. The predicted molar refractivity (Wildman–Crippen MR) is 77.4 cm³/mol. The summed E-state index contributed by atoms with van der Waals surface area (Å²) < 4.78 is 2.93. The average Bonchev–Trinajstić information content (AvgIpc) is 2.81. The van der Waals surface area contributed by atoms with Gasteiger partial charge in [-0.3, -0.25) is 0 Å². The van der Waals surface area contributed by atoms with Crippen LogP contribution in [0.2, 0.25) is 0 Å². The molecule has 1 heterocycles. The largest absolute Gasteiger partial charge is 0.217 e. The van der Waals surface area contributed by atoms with E-state index in [0.717, 1.165) is 40.2 Å². The minimum atomic E-state index is 0.458. The molecule has 2 aromatic rings. The molecule has 0 spiro atoms. The van der Waals surface area contributed by atoms with Crippen molar-refractivity contribution in [1.82, 2.24) is 14.8 Å². The van der Waals surface area contributed by atoms with Crippen LogP contribution in [0.3, 0.4) is 0 Å². The fourth-order valence-electron chi connectivity index (χ4n) is 1.83. The van der Waals surface area contributed by atoms with Crippen LogP contribution in [0.25, 0.3) is 5.69 Å². The van der Waals surface area contributed by atoms with Gasteiger partial charge in [0.05, 0.1) is 5.69 Å². The lowest BCUT2D eigenvalue weighted by atomic mass is 10.2. The van der Waals surface area contributed by atoms with Gasteiger partial charge in [0.1, 0.15) is 5.82 Å². The van der Waals surface area contributed by atoms with Crippen LogP contribution in [-0.4, -0.2) is 14.8 Å². The maximum absolute atomic E-state index is 6.01. The molecule has 5 heteroatoms. The molecule has 0 saturated heterocycles. The highest BCUT2D eigenvalue weighted by atomic mass is 79.9. The fraction of sp³-hybridized carbons (Fsp3) is 0.385. The summed E-state index contributed by atoms with van der Waals surface area (Å²) in [5.41, 5.74) is 2.06. The SMILES string of the molecule is CCc1nc(CC)n(-c2ccc(Br)cc2CCl)n1. The van der Waals surface area contributed by atoms with E-state index in [9.17, 15) is 0 Å². The maximum Gasteiger partial charge on any atom is 0.151 e. The number of hydrogen-bond acceptors (Lipinski definition) is 2. The number of rotatable bonds is 4. The van der Waals surface area contributed by atoms with E-state index in [0.29, 0.717) is 5.88 Å². The molecule has 96 valence electrons. The number of halogens is 2. The van der Waals surface area contributed by atoms with Crippen LogP contribution in [-0.2, 0) is 18.7 Å². The van der Waals surface area contributed by atoms with E-state index in [1.165, 1.54) is 0 Å². The lowest BCUT2D eigenvalue weighted by molar-refractivity contribution is 0.785. The van der Waals surface area contributed by atoms with Gasteiger partial charge in [-0.1, -0.05) is 29.8 Å². The third kappa shape index (κ3) is 2.59. The first-order valence-corrected chi connectivity index (χ1v) is 7.31. The summed E-state index contributed by atoms with van der Waals surface area (Å²) in [5.74, 6) is 2.30. The summed E-state index contributed by atoms with van der Waals surface area (Å²) in [7, 11) is 0. The molecule has 0 saturated carbocycles. The highest BCUT2D eigenvalue weighted by Gasteiger charge is 2.12. The minimum absolute atomic E-state index is 0.458. The van der Waals surface area contributed by atoms with E-state index >= 15 is 0 Å². The molecule has 0 radical (unpaired) electrons. The van der Waals surface area contributed by atoms with Gasteiger partial charge in [0.25, 0.3) is 0 Å². The van der Waals surface area contributed by atoms with Gasteiger partial charge in [0, 0.05) is 23.2 Å². The Kier molecular flexibility index (Phi) is 4.40. The Bertz CT molecular complexity index is 551. The minimum Gasteiger partial charge on any atom is -0.217 e. The number of aromatic nitrogens is 3. The molecule has 18 heavy (non-hydrogen) atoms. The van der Waals surface area contributed by atoms with Gasteiger partial charge in [0.2, 0.25) is 0 Å². The van der Waals surface area contributed by atoms with Crippen molar-refractivity contribution in [2.45, 2.75) is 32.6 Å². The lowest BCUT2D eigenvalue weighted by Gasteiger charge is -2.09. The van der Waals surface area contributed by atoms with Crippen molar-refractivity contribution in [2.75, 3.05) is 0 Å². The van der Waals surface area contributed by atoms with Crippen LogP contribution in [0.1, 0.15) is 31.1 Å². The molecular formula is C13H15BrClN3. The fourth-order valence-corrected chi connectivity index (χ4v) is 2.45. The molecule has 0 bridgehead atoms. The maximum atomic E-state index is 6.01. The van der Waals surface area contributed by atoms with Crippen LogP contribution in [0.5, 0.6) is 0 Å². The highest BCUT2D eigenvalue weighted by Crippen LogP contribution is 2.22. The molecule has 1 aromatic heterocycles. The second-order valence-corrected chi connectivity index (χ2v) is 5.15. The first kappa shape index (κ1) is 13.6. The monoisotopic (exact) mass is 327 g/mol. The number of aryl methyl sites for hydroxylation is 2. The number of nitrogens with zero attached hydrogens (tertiary/aromatic N) is 3. The topological polar surface area (TPSA) is 30.7 Å². The van der Waals surface area contributed by atoms with Gasteiger partial charge in [0.15, 0.2) is 5.82 Å². The third-order valence-electron chi connectivity index (χ3n) is 2.76. The van der Waals surface area contributed by atoms with Gasteiger partial charge >= 0.3 is 0 Å². The number of alkyl halides is 1. The zero-order valence-electron chi connectivity index (χ0n) is 10.5. The van der Waals surface area contributed by atoms with Gasteiger partial charge < -0.3 is 0 Å². The van der Waals surface area contributed by atoms with Gasteiger partial charge in [-0.15, -0.1) is 11.6 Å². The summed E-state index contributed by atoms with van der Waals surface area (Å²) in [6, 6.07) is 6.04. The van der Waals surface area contributed by atoms with E-state index in [-0.39, 0.29) is 0 Å². The molecule has 3 nitrogen and oxygen atoms in total. The summed E-state index contributed by atoms with van der Waals surface area (Å²) in [5, 5.41) is 4.54. The van der Waals surface area contributed by atoms with Crippen molar-refractivity contribution in [1.29, 1.82) is 0 Å². The molecule has 0 aliphatic heterocycles. The number of hydrogen-bond donors (Lipinski definition) is 0. The van der Waals surface area contributed by atoms with E-state index in [4.69, 9.17) is 11.6 Å². The molecule has 0 N–H and O–H groups in total. The normalized spacial score (nSPS) is 10.9. The Labute approximate surface area is 120 Å². The summed E-state index contributed by atoms with van der Waals surface area (Å²) in [6.07, 6.45) is 1.69. The Morgan fingerprint density at radius 1 is 1.28 bits per heavy atom. The molecule has 0 aliphatic rings. The van der Waals surface area contributed by atoms with Crippen molar-refractivity contribution < 1.29 is 0 Å². The molecule has 0 aliphatic carbocycles. The van der Waals surface area contributed by atoms with E-state index in [1.807, 2.05) is 22.9 Å². The van der Waals surface area contributed by atoms with Crippen molar-refractivity contribution in [3.05, 3.63) is 39.9 Å². The third-order valence-corrected chi connectivity index (χ3v) is 3.55. The zero-order chi connectivity index (χ0) is 13.1. The molecular weight excluding hydrogens is 314 g/mol.